The number of aliphatic carboxylic acids is 1. The van der Waals surface area contributed by atoms with Gasteiger partial charge in [0.25, 0.3) is 0 Å². The Morgan fingerprint density at radius 3 is 2.27 bits per heavy atom. The van der Waals surface area contributed by atoms with Crippen LogP contribution in [0.1, 0.15) is 5.56 Å². The molecule has 4 N–H and O–H groups in total. The van der Waals surface area contributed by atoms with Crippen LogP contribution in [0.4, 0.5) is 8.78 Å². The van der Waals surface area contributed by atoms with Crippen molar-refractivity contribution in [3.63, 3.8) is 0 Å². The Kier molecular flexibility index (Phi) is 3.21. The van der Waals surface area contributed by atoms with Gasteiger partial charge in [-0.25, -0.2) is 8.78 Å². The monoisotopic (exact) mass is 217 g/mol. The van der Waals surface area contributed by atoms with Gasteiger partial charge < -0.3 is 15.9 Å². The number of carboxylic acid groups (broad SMARTS) is 1. The van der Waals surface area contributed by atoms with Crippen LogP contribution in [0.2, 0.25) is 0 Å². The summed E-state index contributed by atoms with van der Waals surface area (Å²) in [4.78, 5) is 10.4. The molecule has 1 rings (SSSR count). The molecule has 0 aromatic heterocycles. The van der Waals surface area contributed by atoms with E-state index in [4.69, 9.17) is 15.9 Å². The average Bonchev–Trinajstić information content (AvgIpc) is 2.13. The van der Waals surface area contributed by atoms with E-state index in [1.807, 2.05) is 0 Å². The maximum Gasteiger partial charge on any atom is 0.320 e. The van der Waals surface area contributed by atoms with Crippen molar-refractivity contribution in [2.24, 2.45) is 5.73 Å². The molecule has 82 valence electrons. The molecule has 1 aromatic rings. The number of hydrogen-bond donors (Lipinski definition) is 3. The zero-order valence-corrected chi connectivity index (χ0v) is 7.58. The second-order valence-corrected chi connectivity index (χ2v) is 3.06. The number of aromatic hydroxyl groups is 1. The molecule has 0 bridgehead atoms. The summed E-state index contributed by atoms with van der Waals surface area (Å²) >= 11 is 0. The SMILES string of the molecule is NC(Cc1cc(F)c(O)c(F)c1)C(=O)O. The molecule has 0 aliphatic carbocycles. The molecular weight excluding hydrogens is 208 g/mol. The summed E-state index contributed by atoms with van der Waals surface area (Å²) in [5, 5.41) is 17.3. The molecule has 1 atom stereocenters. The average molecular weight is 217 g/mol. The largest absolute Gasteiger partial charge is 0.503 e. The first-order valence-corrected chi connectivity index (χ1v) is 4.07. The van der Waals surface area contributed by atoms with E-state index in [1.54, 1.807) is 0 Å². The molecule has 0 saturated heterocycles. The van der Waals surface area contributed by atoms with Crippen LogP contribution in [-0.4, -0.2) is 22.2 Å². The van der Waals surface area contributed by atoms with Crippen molar-refractivity contribution >= 4 is 5.97 Å². The molecule has 0 saturated carbocycles. The zero-order valence-electron chi connectivity index (χ0n) is 7.58. The van der Waals surface area contributed by atoms with Gasteiger partial charge in [-0.05, 0) is 24.1 Å². The lowest BCUT2D eigenvalue weighted by Crippen LogP contribution is -2.32. The molecule has 0 radical (unpaired) electrons. The van der Waals surface area contributed by atoms with Crippen LogP contribution < -0.4 is 5.73 Å². The molecule has 6 heteroatoms. The quantitative estimate of drug-likeness (QED) is 0.693. The van der Waals surface area contributed by atoms with Crippen molar-refractivity contribution in [2.75, 3.05) is 0 Å². The van der Waals surface area contributed by atoms with E-state index in [2.05, 4.69) is 0 Å². The van der Waals surface area contributed by atoms with E-state index >= 15 is 0 Å². The second-order valence-electron chi connectivity index (χ2n) is 3.06. The van der Waals surface area contributed by atoms with Crippen LogP contribution in [0.25, 0.3) is 0 Å². The number of carbonyl (C=O) groups is 1. The highest BCUT2D eigenvalue weighted by atomic mass is 19.1. The Hall–Kier alpha value is -1.69. The molecule has 0 aliphatic rings. The maximum absolute atomic E-state index is 12.8. The first kappa shape index (κ1) is 11.4. The fourth-order valence-corrected chi connectivity index (χ4v) is 1.08. The standard InChI is InChI=1S/C9H9F2NO3/c10-5-1-4(2-6(11)8(5)13)3-7(12)9(14)15/h1-2,7,13H,3,12H2,(H,14,15). The topological polar surface area (TPSA) is 83.5 Å². The van der Waals surface area contributed by atoms with Gasteiger partial charge in [-0.3, -0.25) is 4.79 Å². The highest BCUT2D eigenvalue weighted by Gasteiger charge is 2.15. The highest BCUT2D eigenvalue weighted by molar-refractivity contribution is 5.73. The van der Waals surface area contributed by atoms with Crippen LogP contribution >= 0.6 is 0 Å². The number of nitrogens with two attached hydrogens (primary N) is 1. The van der Waals surface area contributed by atoms with Gasteiger partial charge in [0.1, 0.15) is 6.04 Å². The van der Waals surface area contributed by atoms with E-state index < -0.39 is 29.4 Å². The number of carboxylic acids is 1. The lowest BCUT2D eigenvalue weighted by Gasteiger charge is -2.07. The molecule has 4 nitrogen and oxygen atoms in total. The van der Waals surface area contributed by atoms with Gasteiger partial charge in [0, 0.05) is 0 Å². The van der Waals surface area contributed by atoms with Gasteiger partial charge in [0.05, 0.1) is 0 Å². The summed E-state index contributed by atoms with van der Waals surface area (Å²) in [7, 11) is 0. The molecular formula is C9H9F2NO3. The fourth-order valence-electron chi connectivity index (χ4n) is 1.08. The van der Waals surface area contributed by atoms with Crippen molar-refractivity contribution in [1.82, 2.24) is 0 Å². The fraction of sp³-hybridized carbons (Fsp3) is 0.222. The summed E-state index contributed by atoms with van der Waals surface area (Å²) in [6.45, 7) is 0. The summed E-state index contributed by atoms with van der Waals surface area (Å²) in [5.41, 5.74) is 5.26. The van der Waals surface area contributed by atoms with Crippen LogP contribution in [0, 0.1) is 11.6 Å². The van der Waals surface area contributed by atoms with Crippen molar-refractivity contribution < 1.29 is 23.8 Å². The van der Waals surface area contributed by atoms with Crippen LogP contribution in [-0.2, 0) is 11.2 Å². The third-order valence-electron chi connectivity index (χ3n) is 1.85. The molecule has 0 heterocycles. The summed E-state index contributed by atoms with van der Waals surface area (Å²) in [6.07, 6.45) is -0.205. The van der Waals surface area contributed by atoms with Crippen LogP contribution in [0.3, 0.4) is 0 Å². The van der Waals surface area contributed by atoms with Gasteiger partial charge in [-0.1, -0.05) is 0 Å². The molecule has 15 heavy (non-hydrogen) atoms. The van der Waals surface area contributed by atoms with Gasteiger partial charge >= 0.3 is 5.97 Å². The van der Waals surface area contributed by atoms with Crippen LogP contribution in [0.15, 0.2) is 12.1 Å². The van der Waals surface area contributed by atoms with Gasteiger partial charge in [0.15, 0.2) is 17.4 Å². The minimum atomic E-state index is -1.26. The molecule has 0 spiro atoms. The zero-order chi connectivity index (χ0) is 11.6. The number of benzene rings is 1. The smallest absolute Gasteiger partial charge is 0.320 e. The van der Waals surface area contributed by atoms with E-state index in [-0.39, 0.29) is 12.0 Å². The van der Waals surface area contributed by atoms with Crippen LogP contribution in [0.5, 0.6) is 5.75 Å². The minimum Gasteiger partial charge on any atom is -0.503 e. The van der Waals surface area contributed by atoms with Gasteiger partial charge in [0.2, 0.25) is 0 Å². The number of hydrogen-bond acceptors (Lipinski definition) is 3. The molecule has 0 amide bonds. The first-order valence-electron chi connectivity index (χ1n) is 4.07. The number of halogens is 2. The summed E-state index contributed by atoms with van der Waals surface area (Å²) in [6, 6.07) is 0.468. The minimum absolute atomic E-state index is 0.0812. The van der Waals surface area contributed by atoms with Crippen molar-refractivity contribution in [3.05, 3.63) is 29.3 Å². The highest BCUT2D eigenvalue weighted by Crippen LogP contribution is 2.21. The van der Waals surface area contributed by atoms with E-state index in [0.717, 1.165) is 12.1 Å². The predicted octanol–water partition coefficient (Wildman–Crippen LogP) is 0.625. The van der Waals surface area contributed by atoms with E-state index in [9.17, 15) is 13.6 Å². The number of phenols is 1. The maximum atomic E-state index is 12.8. The van der Waals surface area contributed by atoms with Crippen molar-refractivity contribution in [3.8, 4) is 5.75 Å². The summed E-state index contributed by atoms with van der Waals surface area (Å²) in [5.74, 6) is -4.61. The first-order chi connectivity index (χ1) is 6.91. The van der Waals surface area contributed by atoms with E-state index in [0.29, 0.717) is 0 Å². The lowest BCUT2D eigenvalue weighted by atomic mass is 10.1. The normalized spacial score (nSPS) is 12.5. The molecule has 1 unspecified atom stereocenters. The number of rotatable bonds is 3. The van der Waals surface area contributed by atoms with Crippen molar-refractivity contribution in [2.45, 2.75) is 12.5 Å². The molecule has 1 aromatic carbocycles. The Labute approximate surface area is 83.9 Å². The van der Waals surface area contributed by atoms with Crippen molar-refractivity contribution in [1.29, 1.82) is 0 Å². The summed E-state index contributed by atoms with van der Waals surface area (Å²) < 4.78 is 25.6. The number of phenolic OH excluding ortho intramolecular Hbond substituents is 1. The lowest BCUT2D eigenvalue weighted by molar-refractivity contribution is -0.138. The Morgan fingerprint density at radius 2 is 1.87 bits per heavy atom. The van der Waals surface area contributed by atoms with E-state index in [1.165, 1.54) is 0 Å². The Balaban J connectivity index is 2.92. The third-order valence-corrected chi connectivity index (χ3v) is 1.85. The third kappa shape index (κ3) is 2.63. The van der Waals surface area contributed by atoms with Gasteiger partial charge in [-0.2, -0.15) is 0 Å². The predicted molar refractivity (Wildman–Crippen MR) is 47.3 cm³/mol. The molecule has 0 fully saturated rings. The van der Waals surface area contributed by atoms with Gasteiger partial charge in [-0.15, -0.1) is 0 Å². The second kappa shape index (κ2) is 4.22. The Bertz CT molecular complexity index is 372. The Morgan fingerprint density at radius 1 is 1.40 bits per heavy atom. The molecule has 0 aliphatic heterocycles.